The largest absolute Gasteiger partial charge is 0.344 e. The van der Waals surface area contributed by atoms with Gasteiger partial charge in [0.2, 0.25) is 0 Å². The summed E-state index contributed by atoms with van der Waals surface area (Å²) in [5.74, 6) is -0.208. The molecular formula is C22H24Cl2N2O. The summed E-state index contributed by atoms with van der Waals surface area (Å²) in [4.78, 5) is 15.4. The highest BCUT2D eigenvalue weighted by Gasteiger charge is 2.32. The number of amides is 1. The molecule has 142 valence electrons. The van der Waals surface area contributed by atoms with Crippen molar-refractivity contribution >= 4 is 29.1 Å². The average molecular weight is 403 g/mol. The molecule has 3 nitrogen and oxygen atoms in total. The van der Waals surface area contributed by atoms with Crippen molar-refractivity contribution in [2.24, 2.45) is 0 Å². The third kappa shape index (κ3) is 4.73. The Balaban J connectivity index is 1.91. The maximum atomic E-state index is 13.0. The zero-order valence-electron chi connectivity index (χ0n) is 15.2. The molecule has 27 heavy (non-hydrogen) atoms. The van der Waals surface area contributed by atoms with Crippen molar-refractivity contribution in [1.29, 1.82) is 0 Å². The molecule has 0 saturated carbocycles. The number of likely N-dealkylation sites (tertiary alicyclic amines) is 1. The Bertz CT molecular complexity index is 794. The molecule has 0 aliphatic carbocycles. The van der Waals surface area contributed by atoms with E-state index in [4.69, 9.17) is 23.2 Å². The lowest BCUT2D eigenvalue weighted by Gasteiger charge is -2.40. The number of halogens is 2. The lowest BCUT2D eigenvalue weighted by Crippen LogP contribution is -2.48. The normalized spacial score (nSPS) is 18.7. The third-order valence-corrected chi connectivity index (χ3v) is 5.87. The van der Waals surface area contributed by atoms with E-state index in [2.05, 4.69) is 28.9 Å². The molecule has 1 fully saturated rings. The number of piperidine rings is 1. The standard InChI is InChI=1S/C22H24Cl2N2O/c1-2-14-26-15-7-6-13-19(26)21(16-9-4-3-5-10-16)25-22(27)17-11-8-12-18(23)20(17)24/h2-5,8-12,19,21H,1,6-7,13-15H2,(H,25,27)/t19-,21?/m0/s1. The van der Waals surface area contributed by atoms with Crippen molar-refractivity contribution in [2.75, 3.05) is 13.1 Å². The quantitative estimate of drug-likeness (QED) is 0.646. The topological polar surface area (TPSA) is 32.3 Å². The smallest absolute Gasteiger partial charge is 0.253 e. The Kier molecular flexibility index (Phi) is 6.95. The van der Waals surface area contributed by atoms with Gasteiger partial charge in [0.25, 0.3) is 5.91 Å². The predicted molar refractivity (Wildman–Crippen MR) is 113 cm³/mol. The van der Waals surface area contributed by atoms with Gasteiger partial charge in [-0.2, -0.15) is 0 Å². The Morgan fingerprint density at radius 3 is 2.70 bits per heavy atom. The summed E-state index contributed by atoms with van der Waals surface area (Å²) in [7, 11) is 0. The van der Waals surface area contributed by atoms with Crippen LogP contribution in [0.4, 0.5) is 0 Å². The van der Waals surface area contributed by atoms with Crippen molar-refractivity contribution in [3.63, 3.8) is 0 Å². The highest BCUT2D eigenvalue weighted by atomic mass is 35.5. The first kappa shape index (κ1) is 19.9. The van der Waals surface area contributed by atoms with Crippen molar-refractivity contribution < 1.29 is 4.79 Å². The van der Waals surface area contributed by atoms with E-state index in [1.807, 2.05) is 24.3 Å². The van der Waals surface area contributed by atoms with Gasteiger partial charge >= 0.3 is 0 Å². The lowest BCUT2D eigenvalue weighted by molar-refractivity contribution is 0.0850. The first-order valence-electron chi connectivity index (χ1n) is 9.26. The van der Waals surface area contributed by atoms with Crippen molar-refractivity contribution in [1.82, 2.24) is 10.2 Å². The molecular weight excluding hydrogens is 379 g/mol. The number of hydrogen-bond acceptors (Lipinski definition) is 2. The molecule has 1 N–H and O–H groups in total. The van der Waals surface area contributed by atoms with Gasteiger partial charge in [-0.1, -0.05) is 72.1 Å². The number of benzene rings is 2. The van der Waals surface area contributed by atoms with E-state index in [1.54, 1.807) is 18.2 Å². The van der Waals surface area contributed by atoms with Crippen molar-refractivity contribution in [3.8, 4) is 0 Å². The van der Waals surface area contributed by atoms with Crippen LogP contribution in [0.5, 0.6) is 0 Å². The second kappa shape index (κ2) is 9.41. The molecule has 0 bridgehead atoms. The van der Waals surface area contributed by atoms with Gasteiger partial charge in [0.05, 0.1) is 21.7 Å². The highest BCUT2D eigenvalue weighted by molar-refractivity contribution is 6.43. The predicted octanol–water partition coefficient (Wildman–Crippen LogP) is 5.51. The van der Waals surface area contributed by atoms with E-state index in [0.29, 0.717) is 10.6 Å². The molecule has 2 aromatic carbocycles. The fourth-order valence-electron chi connectivity index (χ4n) is 3.75. The van der Waals surface area contributed by atoms with Crippen LogP contribution in [0.3, 0.4) is 0 Å². The van der Waals surface area contributed by atoms with E-state index in [0.717, 1.165) is 31.5 Å². The van der Waals surface area contributed by atoms with Crippen LogP contribution < -0.4 is 5.32 Å². The van der Waals surface area contributed by atoms with Gasteiger partial charge in [0.1, 0.15) is 0 Å². The van der Waals surface area contributed by atoms with Gasteiger partial charge in [0, 0.05) is 12.6 Å². The van der Waals surface area contributed by atoms with E-state index in [-0.39, 0.29) is 23.0 Å². The summed E-state index contributed by atoms with van der Waals surface area (Å²) < 4.78 is 0. The Morgan fingerprint density at radius 1 is 1.19 bits per heavy atom. The number of carbonyl (C=O) groups is 1. The van der Waals surface area contributed by atoms with Crippen LogP contribution in [0, 0.1) is 0 Å². The van der Waals surface area contributed by atoms with Crippen molar-refractivity contribution in [2.45, 2.75) is 31.3 Å². The molecule has 1 aliphatic heterocycles. The highest BCUT2D eigenvalue weighted by Crippen LogP contribution is 2.30. The van der Waals surface area contributed by atoms with E-state index in [1.165, 1.54) is 6.42 Å². The van der Waals surface area contributed by atoms with Gasteiger partial charge < -0.3 is 5.32 Å². The van der Waals surface area contributed by atoms with Crippen LogP contribution >= 0.6 is 23.2 Å². The fourth-order valence-corrected chi connectivity index (χ4v) is 4.13. The molecule has 1 aliphatic rings. The zero-order valence-corrected chi connectivity index (χ0v) is 16.7. The van der Waals surface area contributed by atoms with Crippen molar-refractivity contribution in [3.05, 3.63) is 82.4 Å². The average Bonchev–Trinajstić information content (AvgIpc) is 2.69. The molecule has 1 amide bonds. The number of nitrogens with one attached hydrogen (secondary N) is 1. The Hall–Kier alpha value is -1.81. The molecule has 1 saturated heterocycles. The SMILES string of the molecule is C=CCN1CCCC[C@H]1C(NC(=O)c1cccc(Cl)c1Cl)c1ccccc1. The maximum Gasteiger partial charge on any atom is 0.253 e. The Labute approximate surface area is 171 Å². The monoisotopic (exact) mass is 402 g/mol. The van der Waals surface area contributed by atoms with Gasteiger partial charge in [-0.3, -0.25) is 9.69 Å². The summed E-state index contributed by atoms with van der Waals surface area (Å²) in [6.45, 7) is 5.71. The molecule has 0 spiro atoms. The minimum atomic E-state index is -0.208. The van der Waals surface area contributed by atoms with Crippen LogP contribution in [0.1, 0.15) is 41.2 Å². The van der Waals surface area contributed by atoms with Gasteiger partial charge in [-0.05, 0) is 37.1 Å². The number of nitrogens with zero attached hydrogens (tertiary/aromatic N) is 1. The molecule has 5 heteroatoms. The summed E-state index contributed by atoms with van der Waals surface area (Å²) in [6.07, 6.45) is 5.27. The van der Waals surface area contributed by atoms with Gasteiger partial charge in [-0.15, -0.1) is 6.58 Å². The minimum Gasteiger partial charge on any atom is -0.344 e. The summed E-state index contributed by atoms with van der Waals surface area (Å²) >= 11 is 12.4. The molecule has 3 rings (SSSR count). The first-order chi connectivity index (χ1) is 13.1. The number of hydrogen-bond donors (Lipinski definition) is 1. The molecule has 0 radical (unpaired) electrons. The lowest BCUT2D eigenvalue weighted by atomic mass is 9.90. The van der Waals surface area contributed by atoms with Crippen LogP contribution in [-0.2, 0) is 0 Å². The fraction of sp³-hybridized carbons (Fsp3) is 0.318. The van der Waals surface area contributed by atoms with Gasteiger partial charge in [0.15, 0.2) is 0 Å². The van der Waals surface area contributed by atoms with Crippen LogP contribution in [0.2, 0.25) is 10.0 Å². The first-order valence-corrected chi connectivity index (χ1v) is 10.0. The van der Waals surface area contributed by atoms with E-state index < -0.39 is 0 Å². The number of carbonyl (C=O) groups excluding carboxylic acids is 1. The summed E-state index contributed by atoms with van der Waals surface area (Å²) in [6, 6.07) is 15.3. The summed E-state index contributed by atoms with van der Waals surface area (Å²) in [5.41, 5.74) is 1.49. The Morgan fingerprint density at radius 2 is 1.96 bits per heavy atom. The molecule has 0 aromatic heterocycles. The molecule has 1 heterocycles. The second-order valence-corrected chi connectivity index (χ2v) is 7.60. The minimum absolute atomic E-state index is 0.131. The third-order valence-electron chi connectivity index (χ3n) is 5.05. The maximum absolute atomic E-state index is 13.0. The molecule has 2 atom stereocenters. The number of rotatable bonds is 6. The summed E-state index contributed by atoms with van der Waals surface area (Å²) in [5, 5.41) is 3.89. The molecule has 2 aromatic rings. The van der Waals surface area contributed by atoms with Crippen LogP contribution in [0.25, 0.3) is 0 Å². The van der Waals surface area contributed by atoms with E-state index >= 15 is 0 Å². The van der Waals surface area contributed by atoms with E-state index in [9.17, 15) is 4.79 Å². The second-order valence-electron chi connectivity index (χ2n) is 6.81. The zero-order chi connectivity index (χ0) is 19.2. The van der Waals surface area contributed by atoms with Gasteiger partial charge in [-0.25, -0.2) is 0 Å². The van der Waals surface area contributed by atoms with Crippen LogP contribution in [-0.4, -0.2) is 29.9 Å². The molecule has 1 unspecified atom stereocenters. The van der Waals surface area contributed by atoms with Crippen LogP contribution in [0.15, 0.2) is 61.2 Å².